The van der Waals surface area contributed by atoms with Crippen LogP contribution in [0, 0.1) is 11.8 Å². The molecular weight excluding hydrogens is 458 g/mol. The summed E-state index contributed by atoms with van der Waals surface area (Å²) in [5, 5.41) is 12.8. The predicted molar refractivity (Wildman–Crippen MR) is 138 cm³/mol. The smallest absolute Gasteiger partial charge is 0.258 e. The highest BCUT2D eigenvalue weighted by atomic mass is 16.5. The van der Waals surface area contributed by atoms with Crippen molar-refractivity contribution >= 4 is 17.5 Å². The van der Waals surface area contributed by atoms with Gasteiger partial charge in [0, 0.05) is 37.2 Å². The standard InChI is InChI=1S/C28H37N3O5/c1-18-14-31(19(2)17-32)28(34)24-13-22(29-27(33)21-7-8-21)9-12-25(24)36-26(18)16-30(3)15-20-5-10-23(35-4)11-6-20/h5-6,9-13,18-19,21,26,32H,7-8,14-17H2,1-4H3,(H,29,33)/t18-,19+,26+/m0/s1. The molecule has 0 bridgehead atoms. The molecule has 1 aliphatic carbocycles. The topological polar surface area (TPSA) is 91.3 Å². The van der Waals surface area contributed by atoms with Crippen LogP contribution < -0.4 is 14.8 Å². The van der Waals surface area contributed by atoms with E-state index in [1.807, 2.05) is 31.2 Å². The van der Waals surface area contributed by atoms with Gasteiger partial charge in [-0.25, -0.2) is 0 Å². The number of anilines is 1. The van der Waals surface area contributed by atoms with Crippen molar-refractivity contribution in [2.24, 2.45) is 11.8 Å². The van der Waals surface area contributed by atoms with Crippen molar-refractivity contribution in [3.63, 3.8) is 0 Å². The number of benzene rings is 2. The number of rotatable bonds is 9. The van der Waals surface area contributed by atoms with Crippen molar-refractivity contribution in [2.45, 2.75) is 45.4 Å². The Bertz CT molecular complexity index is 1070. The zero-order valence-corrected chi connectivity index (χ0v) is 21.6. The van der Waals surface area contributed by atoms with Gasteiger partial charge in [-0.3, -0.25) is 14.5 Å². The average molecular weight is 496 g/mol. The molecular formula is C28H37N3O5. The summed E-state index contributed by atoms with van der Waals surface area (Å²) in [6, 6.07) is 12.9. The van der Waals surface area contributed by atoms with Crippen LogP contribution in [0.1, 0.15) is 42.6 Å². The third-order valence-corrected chi connectivity index (χ3v) is 6.98. The van der Waals surface area contributed by atoms with Crippen LogP contribution in [0.2, 0.25) is 0 Å². The summed E-state index contributed by atoms with van der Waals surface area (Å²) in [6.07, 6.45) is 1.63. The first-order chi connectivity index (χ1) is 17.3. The molecule has 2 amide bonds. The summed E-state index contributed by atoms with van der Waals surface area (Å²) in [6.45, 7) is 5.64. The van der Waals surface area contributed by atoms with Crippen molar-refractivity contribution in [1.82, 2.24) is 9.80 Å². The van der Waals surface area contributed by atoms with Crippen molar-refractivity contribution < 1.29 is 24.2 Å². The molecule has 194 valence electrons. The number of amides is 2. The third kappa shape index (κ3) is 6.17. The number of hydrogen-bond donors (Lipinski definition) is 2. The molecule has 1 saturated carbocycles. The fourth-order valence-electron chi connectivity index (χ4n) is 4.52. The molecule has 1 aliphatic heterocycles. The Morgan fingerprint density at radius 3 is 2.61 bits per heavy atom. The lowest BCUT2D eigenvalue weighted by molar-refractivity contribution is -0.117. The SMILES string of the molecule is COc1ccc(CN(C)C[C@H]2Oc3ccc(NC(=O)C4CC4)cc3C(=O)N([C@H](C)CO)C[C@@H]2C)cc1. The molecule has 3 atom stereocenters. The summed E-state index contributed by atoms with van der Waals surface area (Å²) in [5.41, 5.74) is 2.15. The Balaban J connectivity index is 1.56. The highest BCUT2D eigenvalue weighted by Gasteiger charge is 2.34. The number of nitrogens with one attached hydrogen (secondary N) is 1. The van der Waals surface area contributed by atoms with Crippen molar-refractivity contribution in [3.05, 3.63) is 53.6 Å². The lowest BCUT2D eigenvalue weighted by atomic mass is 9.99. The average Bonchev–Trinajstić information content (AvgIpc) is 3.72. The van der Waals surface area contributed by atoms with E-state index in [0.717, 1.165) is 25.1 Å². The predicted octanol–water partition coefficient (Wildman–Crippen LogP) is 3.40. The van der Waals surface area contributed by atoms with Gasteiger partial charge in [0.2, 0.25) is 5.91 Å². The molecule has 1 fully saturated rings. The van der Waals surface area contributed by atoms with Crippen LogP contribution in [0.3, 0.4) is 0 Å². The van der Waals surface area contributed by atoms with Gasteiger partial charge in [-0.05, 0) is 62.7 Å². The van der Waals surface area contributed by atoms with Crippen molar-refractivity contribution in [2.75, 3.05) is 39.2 Å². The van der Waals surface area contributed by atoms with E-state index in [9.17, 15) is 14.7 Å². The zero-order valence-electron chi connectivity index (χ0n) is 21.6. The summed E-state index contributed by atoms with van der Waals surface area (Å²) in [7, 11) is 3.71. The largest absolute Gasteiger partial charge is 0.497 e. The van der Waals surface area contributed by atoms with Crippen LogP contribution in [0.4, 0.5) is 5.69 Å². The normalized spacial score (nSPS) is 20.7. The summed E-state index contributed by atoms with van der Waals surface area (Å²) >= 11 is 0. The Kier molecular flexibility index (Phi) is 8.16. The summed E-state index contributed by atoms with van der Waals surface area (Å²) in [5.74, 6) is 1.20. The van der Waals surface area contributed by atoms with Crippen molar-refractivity contribution in [3.8, 4) is 11.5 Å². The fourth-order valence-corrected chi connectivity index (χ4v) is 4.52. The van der Waals surface area contributed by atoms with Crippen LogP contribution in [-0.4, -0.2) is 72.7 Å². The highest BCUT2D eigenvalue weighted by molar-refractivity contribution is 6.00. The van der Waals surface area contributed by atoms with Gasteiger partial charge in [0.1, 0.15) is 17.6 Å². The first kappa shape index (κ1) is 26.0. The second kappa shape index (κ2) is 11.3. The minimum absolute atomic E-state index is 0.0126. The molecule has 2 N–H and O–H groups in total. The van der Waals surface area contributed by atoms with Gasteiger partial charge in [-0.2, -0.15) is 0 Å². The Labute approximate surface area is 213 Å². The number of carbonyl (C=O) groups excluding carboxylic acids is 2. The third-order valence-electron chi connectivity index (χ3n) is 6.98. The minimum Gasteiger partial charge on any atom is -0.497 e. The lowest BCUT2D eigenvalue weighted by Gasteiger charge is -2.38. The van der Waals surface area contributed by atoms with Gasteiger partial charge in [-0.15, -0.1) is 0 Å². The highest BCUT2D eigenvalue weighted by Crippen LogP contribution is 2.33. The molecule has 4 rings (SSSR count). The Hall–Kier alpha value is -3.10. The van der Waals surface area contributed by atoms with Gasteiger partial charge in [-0.1, -0.05) is 19.1 Å². The molecule has 0 aromatic heterocycles. The van der Waals surface area contributed by atoms with Gasteiger partial charge in [0.25, 0.3) is 5.91 Å². The molecule has 8 heteroatoms. The van der Waals surface area contributed by atoms with E-state index in [-0.39, 0.29) is 42.4 Å². The molecule has 8 nitrogen and oxygen atoms in total. The van der Waals surface area contributed by atoms with Gasteiger partial charge >= 0.3 is 0 Å². The molecule has 0 saturated heterocycles. The molecule has 2 aliphatic rings. The minimum atomic E-state index is -0.340. The molecule has 1 heterocycles. The number of fused-ring (bicyclic) bond motifs is 1. The van der Waals surface area contributed by atoms with E-state index in [1.165, 1.54) is 5.56 Å². The van der Waals surface area contributed by atoms with E-state index in [4.69, 9.17) is 9.47 Å². The molecule has 0 radical (unpaired) electrons. The second-order valence-electron chi connectivity index (χ2n) is 10.1. The van der Waals surface area contributed by atoms with E-state index in [0.29, 0.717) is 30.1 Å². The fraction of sp³-hybridized carbons (Fsp3) is 0.500. The maximum Gasteiger partial charge on any atom is 0.258 e. The molecule has 2 aromatic rings. The number of carbonyl (C=O) groups is 2. The van der Waals surface area contributed by atoms with Crippen LogP contribution in [0.5, 0.6) is 11.5 Å². The molecule has 0 spiro atoms. The monoisotopic (exact) mass is 495 g/mol. The number of methoxy groups -OCH3 is 1. The molecule has 36 heavy (non-hydrogen) atoms. The van der Waals surface area contributed by atoms with E-state index in [1.54, 1.807) is 30.2 Å². The summed E-state index contributed by atoms with van der Waals surface area (Å²) in [4.78, 5) is 29.8. The first-order valence-corrected chi connectivity index (χ1v) is 12.6. The summed E-state index contributed by atoms with van der Waals surface area (Å²) < 4.78 is 11.7. The van der Waals surface area contributed by atoms with Crippen LogP contribution in [-0.2, 0) is 11.3 Å². The van der Waals surface area contributed by atoms with Gasteiger partial charge < -0.3 is 24.8 Å². The number of nitrogens with zero attached hydrogens (tertiary/aromatic N) is 2. The lowest BCUT2D eigenvalue weighted by Crippen LogP contribution is -2.49. The van der Waals surface area contributed by atoms with Crippen LogP contribution in [0.15, 0.2) is 42.5 Å². The van der Waals surface area contributed by atoms with E-state index in [2.05, 4.69) is 24.2 Å². The number of aliphatic hydroxyl groups is 1. The first-order valence-electron chi connectivity index (χ1n) is 12.6. The number of aliphatic hydroxyl groups excluding tert-OH is 1. The number of likely N-dealkylation sites (N-methyl/N-ethyl adjacent to an activating group) is 1. The van der Waals surface area contributed by atoms with E-state index < -0.39 is 0 Å². The molecule has 0 unspecified atom stereocenters. The number of ether oxygens (including phenoxy) is 2. The maximum atomic E-state index is 13.5. The van der Waals surface area contributed by atoms with Crippen LogP contribution >= 0.6 is 0 Å². The zero-order chi connectivity index (χ0) is 25.8. The van der Waals surface area contributed by atoms with Gasteiger partial charge in [0.15, 0.2) is 0 Å². The Morgan fingerprint density at radius 1 is 1.25 bits per heavy atom. The van der Waals surface area contributed by atoms with Crippen LogP contribution in [0.25, 0.3) is 0 Å². The van der Waals surface area contributed by atoms with Crippen molar-refractivity contribution in [1.29, 1.82) is 0 Å². The maximum absolute atomic E-state index is 13.5. The van der Waals surface area contributed by atoms with E-state index >= 15 is 0 Å². The molecule has 2 aromatic carbocycles. The quantitative estimate of drug-likeness (QED) is 0.554. The van der Waals surface area contributed by atoms with Gasteiger partial charge in [0.05, 0.1) is 25.3 Å². The second-order valence-corrected chi connectivity index (χ2v) is 10.1. The number of hydrogen-bond acceptors (Lipinski definition) is 6. The Morgan fingerprint density at radius 2 is 1.97 bits per heavy atom.